The van der Waals surface area contributed by atoms with Crippen LogP contribution in [-0.2, 0) is 10.0 Å². The number of nitrogens with zero attached hydrogens (tertiary/aromatic N) is 1. The molecule has 1 aromatic heterocycles. The first-order valence-electron chi connectivity index (χ1n) is 8.05. The van der Waals surface area contributed by atoms with Gasteiger partial charge in [0.2, 0.25) is 0 Å². The number of nitrogens with one attached hydrogen (secondary N) is 2. The molecule has 0 radical (unpaired) electrons. The molecule has 1 heterocycles. The van der Waals surface area contributed by atoms with E-state index < -0.39 is 10.0 Å². The van der Waals surface area contributed by atoms with Gasteiger partial charge in [-0.1, -0.05) is 34.1 Å². The number of hydrogen-bond acceptors (Lipinski definition) is 4. The van der Waals surface area contributed by atoms with E-state index in [-0.39, 0.29) is 4.90 Å². The molecule has 4 N–H and O–H groups in total. The highest BCUT2D eigenvalue weighted by atomic mass is 79.9. The lowest BCUT2D eigenvalue weighted by atomic mass is 10.1. The Balaban J connectivity index is 1.73. The number of benzene rings is 3. The fourth-order valence-electron chi connectivity index (χ4n) is 2.78. The lowest BCUT2D eigenvalue weighted by Gasteiger charge is -2.10. The van der Waals surface area contributed by atoms with Crippen molar-refractivity contribution in [3.8, 4) is 11.4 Å². The fourth-order valence-corrected chi connectivity index (χ4v) is 4.20. The third-order valence-electron chi connectivity index (χ3n) is 3.98. The summed E-state index contributed by atoms with van der Waals surface area (Å²) in [7, 11) is -3.70. The zero-order valence-corrected chi connectivity index (χ0v) is 16.4. The van der Waals surface area contributed by atoms with Crippen molar-refractivity contribution in [1.29, 1.82) is 0 Å². The van der Waals surface area contributed by atoms with Gasteiger partial charge in [-0.15, -0.1) is 0 Å². The number of imidazole rings is 1. The number of sulfonamides is 1. The third kappa shape index (κ3) is 3.67. The van der Waals surface area contributed by atoms with Crippen LogP contribution in [0.25, 0.3) is 22.4 Å². The van der Waals surface area contributed by atoms with Crippen molar-refractivity contribution in [2.24, 2.45) is 0 Å². The van der Waals surface area contributed by atoms with Crippen molar-refractivity contribution < 1.29 is 8.42 Å². The summed E-state index contributed by atoms with van der Waals surface area (Å²) < 4.78 is 28.6. The maximum Gasteiger partial charge on any atom is 0.261 e. The van der Waals surface area contributed by atoms with Gasteiger partial charge in [-0.2, -0.15) is 0 Å². The van der Waals surface area contributed by atoms with Crippen molar-refractivity contribution in [2.75, 3.05) is 10.5 Å². The summed E-state index contributed by atoms with van der Waals surface area (Å²) >= 11 is 3.43. The van der Waals surface area contributed by atoms with Gasteiger partial charge in [0, 0.05) is 15.7 Å². The van der Waals surface area contributed by atoms with E-state index >= 15 is 0 Å². The molecular formula is C19H15BrN4O2S. The molecule has 0 saturated heterocycles. The number of fused-ring (bicyclic) bond motifs is 1. The second-order valence-corrected chi connectivity index (χ2v) is 8.61. The van der Waals surface area contributed by atoms with E-state index in [9.17, 15) is 8.42 Å². The average molecular weight is 443 g/mol. The molecule has 6 nitrogen and oxygen atoms in total. The van der Waals surface area contributed by atoms with Crippen molar-refractivity contribution in [2.45, 2.75) is 4.90 Å². The fraction of sp³-hybridized carbons (Fsp3) is 0. The third-order valence-corrected chi connectivity index (χ3v) is 5.87. The molecule has 0 saturated carbocycles. The van der Waals surface area contributed by atoms with Crippen LogP contribution in [0, 0.1) is 0 Å². The molecule has 3 aromatic carbocycles. The quantitative estimate of drug-likeness (QED) is 0.408. The Kier molecular flexibility index (Phi) is 4.37. The summed E-state index contributed by atoms with van der Waals surface area (Å²) in [6, 6.07) is 18.9. The Labute approximate surface area is 164 Å². The van der Waals surface area contributed by atoms with Crippen LogP contribution >= 0.6 is 15.9 Å². The molecule has 0 unspecified atom stereocenters. The molecule has 4 aromatic rings. The molecule has 0 fully saturated rings. The highest BCUT2D eigenvalue weighted by molar-refractivity contribution is 9.10. The van der Waals surface area contributed by atoms with Gasteiger partial charge in [-0.05, 0) is 48.5 Å². The lowest BCUT2D eigenvalue weighted by Crippen LogP contribution is -2.13. The number of aromatic amines is 1. The second-order valence-electron chi connectivity index (χ2n) is 6.01. The number of anilines is 2. The maximum absolute atomic E-state index is 12.6. The van der Waals surface area contributed by atoms with Crippen molar-refractivity contribution in [1.82, 2.24) is 9.97 Å². The van der Waals surface area contributed by atoms with Crippen LogP contribution in [0.5, 0.6) is 0 Å². The standard InChI is InChI=1S/C19H15BrN4O2S/c20-13-6-7-17-18(10-13)23-19(22-17)12-8-14(21)11-15(9-12)24-27(25,26)16-4-2-1-3-5-16/h1-11,24H,21H2,(H,22,23). The number of halogens is 1. The Morgan fingerprint density at radius 2 is 1.78 bits per heavy atom. The molecule has 0 atom stereocenters. The van der Waals surface area contributed by atoms with Gasteiger partial charge in [0.1, 0.15) is 5.82 Å². The van der Waals surface area contributed by atoms with Gasteiger partial charge in [0.05, 0.1) is 21.6 Å². The number of nitrogen functional groups attached to an aromatic ring is 1. The van der Waals surface area contributed by atoms with Crippen LogP contribution in [0.15, 0.2) is 76.1 Å². The summed E-state index contributed by atoms with van der Waals surface area (Å²) in [5, 5.41) is 0. The molecule has 0 spiro atoms. The average Bonchev–Trinajstić information content (AvgIpc) is 3.05. The highest BCUT2D eigenvalue weighted by Crippen LogP contribution is 2.28. The molecular weight excluding hydrogens is 428 g/mol. The topological polar surface area (TPSA) is 101 Å². The van der Waals surface area contributed by atoms with E-state index in [0.717, 1.165) is 15.5 Å². The van der Waals surface area contributed by atoms with Gasteiger partial charge >= 0.3 is 0 Å². The zero-order chi connectivity index (χ0) is 19.0. The van der Waals surface area contributed by atoms with E-state index in [1.807, 2.05) is 18.2 Å². The molecule has 27 heavy (non-hydrogen) atoms. The largest absolute Gasteiger partial charge is 0.399 e. The first-order chi connectivity index (χ1) is 12.9. The van der Waals surface area contributed by atoms with Crippen molar-refractivity contribution in [3.05, 3.63) is 71.2 Å². The molecule has 8 heteroatoms. The minimum atomic E-state index is -3.70. The van der Waals surface area contributed by atoms with Crippen LogP contribution in [0.2, 0.25) is 0 Å². The number of nitrogens with two attached hydrogens (primary N) is 1. The van der Waals surface area contributed by atoms with E-state index in [1.54, 1.807) is 36.4 Å². The SMILES string of the molecule is Nc1cc(NS(=O)(=O)c2ccccc2)cc(-c2nc3ccc(Br)cc3[nH]2)c1. The molecule has 0 aliphatic carbocycles. The summed E-state index contributed by atoms with van der Waals surface area (Å²) in [4.78, 5) is 7.96. The molecule has 4 rings (SSSR count). The first-order valence-corrected chi connectivity index (χ1v) is 10.3. The Hall–Kier alpha value is -2.84. The first kappa shape index (κ1) is 17.6. The molecule has 136 valence electrons. The van der Waals surface area contributed by atoms with E-state index in [0.29, 0.717) is 22.8 Å². The minimum Gasteiger partial charge on any atom is -0.399 e. The Morgan fingerprint density at radius 1 is 1.00 bits per heavy atom. The van der Waals surface area contributed by atoms with Crippen LogP contribution in [0.3, 0.4) is 0 Å². The van der Waals surface area contributed by atoms with Crippen molar-refractivity contribution in [3.63, 3.8) is 0 Å². The molecule has 0 aliphatic heterocycles. The van der Waals surface area contributed by atoms with Gasteiger partial charge in [0.15, 0.2) is 0 Å². The number of hydrogen-bond donors (Lipinski definition) is 3. The highest BCUT2D eigenvalue weighted by Gasteiger charge is 2.15. The van der Waals surface area contributed by atoms with E-state index in [1.165, 1.54) is 12.1 Å². The molecule has 0 bridgehead atoms. The second kappa shape index (κ2) is 6.71. The van der Waals surface area contributed by atoms with Crippen molar-refractivity contribution >= 4 is 48.4 Å². The minimum absolute atomic E-state index is 0.183. The summed E-state index contributed by atoms with van der Waals surface area (Å²) in [5.41, 5.74) is 9.15. The predicted octanol–water partition coefficient (Wildman–Crippen LogP) is 4.38. The normalized spacial score (nSPS) is 11.6. The van der Waals surface area contributed by atoms with E-state index in [2.05, 4.69) is 30.6 Å². The number of aromatic nitrogens is 2. The van der Waals surface area contributed by atoms with Gasteiger partial charge in [-0.3, -0.25) is 4.72 Å². The van der Waals surface area contributed by atoms with Gasteiger partial charge in [-0.25, -0.2) is 13.4 Å². The molecule has 0 amide bonds. The lowest BCUT2D eigenvalue weighted by molar-refractivity contribution is 0.601. The summed E-state index contributed by atoms with van der Waals surface area (Å²) in [6.07, 6.45) is 0. The Morgan fingerprint density at radius 3 is 2.56 bits per heavy atom. The Bertz CT molecular complexity index is 1240. The maximum atomic E-state index is 12.6. The van der Waals surface area contributed by atoms with Crippen LogP contribution in [0.1, 0.15) is 0 Å². The van der Waals surface area contributed by atoms with Crippen LogP contribution in [0.4, 0.5) is 11.4 Å². The predicted molar refractivity (Wildman–Crippen MR) is 111 cm³/mol. The zero-order valence-electron chi connectivity index (χ0n) is 14.0. The number of rotatable bonds is 4. The summed E-state index contributed by atoms with van der Waals surface area (Å²) in [5.74, 6) is 0.607. The van der Waals surface area contributed by atoms with Crippen LogP contribution < -0.4 is 10.5 Å². The van der Waals surface area contributed by atoms with Crippen LogP contribution in [-0.4, -0.2) is 18.4 Å². The molecule has 0 aliphatic rings. The summed E-state index contributed by atoms with van der Waals surface area (Å²) in [6.45, 7) is 0. The van der Waals surface area contributed by atoms with Gasteiger partial charge in [0.25, 0.3) is 10.0 Å². The monoisotopic (exact) mass is 442 g/mol. The smallest absolute Gasteiger partial charge is 0.261 e. The van der Waals surface area contributed by atoms with E-state index in [4.69, 9.17) is 5.73 Å². The van der Waals surface area contributed by atoms with Gasteiger partial charge < -0.3 is 10.7 Å². The number of H-pyrrole nitrogens is 1.